The van der Waals surface area contributed by atoms with Crippen LogP contribution in [0.2, 0.25) is 0 Å². The summed E-state index contributed by atoms with van der Waals surface area (Å²) in [6.45, 7) is 0.253. The number of aromatic nitrogens is 1. The molecule has 2 aromatic carbocycles. The summed E-state index contributed by atoms with van der Waals surface area (Å²) in [5, 5.41) is 2.81. The van der Waals surface area contributed by atoms with Crippen LogP contribution in [0.3, 0.4) is 0 Å². The molecule has 7 nitrogen and oxygen atoms in total. The number of benzene rings is 2. The third-order valence-electron chi connectivity index (χ3n) is 5.62. The lowest BCUT2D eigenvalue weighted by Gasteiger charge is -2.30. The van der Waals surface area contributed by atoms with Gasteiger partial charge >= 0.3 is 0 Å². The van der Waals surface area contributed by atoms with Gasteiger partial charge in [-0.2, -0.15) is 0 Å². The molecular weight excluding hydrogens is 425 g/mol. The number of amides is 2. The zero-order chi connectivity index (χ0) is 23.5. The Morgan fingerprint density at radius 2 is 1.94 bits per heavy atom. The number of hydrogen-bond donors (Lipinski definition) is 1. The van der Waals surface area contributed by atoms with E-state index in [4.69, 9.17) is 4.74 Å². The first-order valence-corrected chi connectivity index (χ1v) is 10.3. The molecule has 0 radical (unpaired) electrons. The van der Waals surface area contributed by atoms with Gasteiger partial charge in [0.1, 0.15) is 11.7 Å². The van der Waals surface area contributed by atoms with Gasteiger partial charge in [0.05, 0.1) is 12.8 Å². The van der Waals surface area contributed by atoms with Gasteiger partial charge in [-0.25, -0.2) is 9.37 Å². The van der Waals surface area contributed by atoms with Gasteiger partial charge < -0.3 is 15.0 Å². The summed E-state index contributed by atoms with van der Waals surface area (Å²) >= 11 is 0. The van der Waals surface area contributed by atoms with Crippen molar-refractivity contribution in [1.82, 2.24) is 10.3 Å². The van der Waals surface area contributed by atoms with Crippen molar-refractivity contribution in [1.29, 1.82) is 0 Å². The summed E-state index contributed by atoms with van der Waals surface area (Å²) < 4.78 is 18.7. The van der Waals surface area contributed by atoms with Crippen LogP contribution in [0.1, 0.15) is 31.8 Å². The van der Waals surface area contributed by atoms with Crippen LogP contribution in [0.4, 0.5) is 10.1 Å². The number of fused-ring (bicyclic) bond motifs is 1. The summed E-state index contributed by atoms with van der Waals surface area (Å²) in [6.07, 6.45) is 1.67. The van der Waals surface area contributed by atoms with E-state index in [1.54, 1.807) is 49.6 Å². The van der Waals surface area contributed by atoms with Gasteiger partial charge in [0.15, 0.2) is 5.78 Å². The molecule has 3 aromatic rings. The minimum Gasteiger partial charge on any atom is -0.481 e. The number of Topliss-reactive ketones (excluding diaryl/α,β-unsaturated/α-hetero) is 1. The second-order valence-corrected chi connectivity index (χ2v) is 7.77. The Balaban J connectivity index is 1.55. The van der Waals surface area contributed by atoms with Crippen LogP contribution in [0.5, 0.6) is 5.88 Å². The summed E-state index contributed by atoms with van der Waals surface area (Å²) in [4.78, 5) is 44.2. The van der Waals surface area contributed by atoms with Crippen molar-refractivity contribution in [2.24, 2.45) is 5.92 Å². The average Bonchev–Trinajstić information content (AvgIpc) is 2.83. The Kier molecular flexibility index (Phi) is 6.17. The van der Waals surface area contributed by atoms with Gasteiger partial charge in [-0.15, -0.1) is 0 Å². The van der Waals surface area contributed by atoms with Gasteiger partial charge in [-0.05, 0) is 53.9 Å². The van der Waals surface area contributed by atoms with E-state index in [1.165, 1.54) is 30.2 Å². The van der Waals surface area contributed by atoms with Crippen LogP contribution < -0.4 is 15.0 Å². The average molecular weight is 447 g/mol. The third-order valence-corrected chi connectivity index (χ3v) is 5.62. The Hall–Kier alpha value is -4.07. The van der Waals surface area contributed by atoms with Crippen molar-refractivity contribution in [3.8, 4) is 5.88 Å². The van der Waals surface area contributed by atoms with E-state index in [2.05, 4.69) is 10.3 Å². The van der Waals surface area contributed by atoms with Crippen LogP contribution in [0.25, 0.3) is 0 Å². The van der Waals surface area contributed by atoms with Crippen LogP contribution >= 0.6 is 0 Å². The van der Waals surface area contributed by atoms with Crippen molar-refractivity contribution in [2.45, 2.75) is 13.0 Å². The number of nitrogens with zero attached hydrogens (tertiary/aromatic N) is 2. The van der Waals surface area contributed by atoms with Crippen molar-refractivity contribution in [2.75, 3.05) is 19.1 Å². The SMILES string of the molecule is COc1cc(CNC(=O)c2ccc3c(c2)C(=O)C(Cc2cccc(F)c2)C(=O)N3C)ccn1. The Labute approximate surface area is 190 Å². The van der Waals surface area contributed by atoms with Crippen LogP contribution in [0, 0.1) is 11.7 Å². The molecule has 33 heavy (non-hydrogen) atoms. The van der Waals surface area contributed by atoms with E-state index in [0.29, 0.717) is 22.7 Å². The summed E-state index contributed by atoms with van der Waals surface area (Å²) in [5.41, 5.74) is 2.40. The number of nitrogens with one attached hydrogen (secondary N) is 1. The van der Waals surface area contributed by atoms with Crippen molar-refractivity contribution >= 4 is 23.3 Å². The second kappa shape index (κ2) is 9.20. The van der Waals surface area contributed by atoms with E-state index < -0.39 is 11.7 Å². The number of ether oxygens (including phenoxy) is 1. The van der Waals surface area contributed by atoms with Crippen molar-refractivity contribution < 1.29 is 23.5 Å². The fourth-order valence-corrected chi connectivity index (χ4v) is 3.86. The number of carbonyl (C=O) groups is 3. The normalized spacial score (nSPS) is 15.2. The van der Waals surface area contributed by atoms with E-state index >= 15 is 0 Å². The van der Waals surface area contributed by atoms with Gasteiger partial charge in [-0.3, -0.25) is 14.4 Å². The first kappa shape index (κ1) is 22.1. The maximum absolute atomic E-state index is 13.6. The molecule has 0 fully saturated rings. The predicted octanol–water partition coefficient (Wildman–Crippen LogP) is 3.18. The van der Waals surface area contributed by atoms with Gasteiger partial charge in [0.25, 0.3) is 5.91 Å². The lowest BCUT2D eigenvalue weighted by Crippen LogP contribution is -2.43. The molecule has 0 saturated carbocycles. The van der Waals surface area contributed by atoms with Crippen LogP contribution in [-0.4, -0.2) is 36.7 Å². The molecule has 2 amide bonds. The first-order chi connectivity index (χ1) is 15.9. The zero-order valence-corrected chi connectivity index (χ0v) is 18.2. The van der Waals surface area contributed by atoms with Gasteiger partial charge in [0, 0.05) is 37.0 Å². The molecule has 0 spiro atoms. The lowest BCUT2D eigenvalue weighted by atomic mass is 9.85. The monoisotopic (exact) mass is 447 g/mol. The highest BCUT2D eigenvalue weighted by molar-refractivity contribution is 6.22. The molecule has 0 bridgehead atoms. The highest BCUT2D eigenvalue weighted by Gasteiger charge is 2.38. The number of anilines is 1. The lowest BCUT2D eigenvalue weighted by molar-refractivity contribution is -0.121. The van der Waals surface area contributed by atoms with Crippen LogP contribution in [-0.2, 0) is 17.8 Å². The molecular formula is C25H22FN3O4. The largest absolute Gasteiger partial charge is 0.481 e. The van der Waals surface area contributed by atoms with E-state index in [-0.39, 0.29) is 36.1 Å². The number of pyridine rings is 1. The highest BCUT2D eigenvalue weighted by atomic mass is 19.1. The molecule has 0 aliphatic carbocycles. The van der Waals surface area contributed by atoms with E-state index in [0.717, 1.165) is 5.56 Å². The highest BCUT2D eigenvalue weighted by Crippen LogP contribution is 2.32. The smallest absolute Gasteiger partial charge is 0.251 e. The molecule has 1 aromatic heterocycles. The number of halogens is 1. The molecule has 0 saturated heterocycles. The Bertz CT molecular complexity index is 1240. The molecule has 2 heterocycles. The van der Waals surface area contributed by atoms with E-state index in [1.807, 2.05) is 0 Å². The van der Waals surface area contributed by atoms with Crippen molar-refractivity contribution in [3.05, 3.63) is 88.9 Å². The van der Waals surface area contributed by atoms with Gasteiger partial charge in [-0.1, -0.05) is 12.1 Å². The van der Waals surface area contributed by atoms with Crippen LogP contribution in [0.15, 0.2) is 60.8 Å². The Morgan fingerprint density at radius 1 is 1.12 bits per heavy atom. The number of carbonyl (C=O) groups excluding carboxylic acids is 3. The molecule has 4 rings (SSSR count). The zero-order valence-electron chi connectivity index (χ0n) is 18.2. The number of methoxy groups -OCH3 is 1. The molecule has 1 atom stereocenters. The summed E-state index contributed by atoms with van der Waals surface area (Å²) in [6, 6.07) is 14.0. The summed E-state index contributed by atoms with van der Waals surface area (Å²) in [5.74, 6) is -2.07. The molecule has 8 heteroatoms. The molecule has 1 unspecified atom stereocenters. The number of ketones is 1. The molecule has 1 aliphatic rings. The minimum atomic E-state index is -0.980. The summed E-state index contributed by atoms with van der Waals surface area (Å²) in [7, 11) is 3.10. The quantitative estimate of drug-likeness (QED) is 0.587. The number of hydrogen-bond acceptors (Lipinski definition) is 5. The standard InChI is InChI=1S/C25H22FN3O4/c1-29-21-7-6-17(24(31)28-14-16-8-9-27-22(12-16)33-2)13-19(21)23(30)20(25(29)32)11-15-4-3-5-18(26)10-15/h3-10,12-13,20H,11,14H2,1-2H3,(H,28,31). The Morgan fingerprint density at radius 3 is 2.70 bits per heavy atom. The van der Waals surface area contributed by atoms with Crippen molar-refractivity contribution in [3.63, 3.8) is 0 Å². The topological polar surface area (TPSA) is 88.6 Å². The maximum Gasteiger partial charge on any atom is 0.251 e. The van der Waals surface area contributed by atoms with Gasteiger partial charge in [0.2, 0.25) is 11.8 Å². The van der Waals surface area contributed by atoms with E-state index in [9.17, 15) is 18.8 Å². The fourth-order valence-electron chi connectivity index (χ4n) is 3.86. The minimum absolute atomic E-state index is 0.0828. The predicted molar refractivity (Wildman–Crippen MR) is 120 cm³/mol. The molecule has 1 aliphatic heterocycles. The third kappa shape index (κ3) is 4.59. The molecule has 168 valence electrons. The first-order valence-electron chi connectivity index (χ1n) is 10.3. The fraction of sp³-hybridized carbons (Fsp3) is 0.200. The second-order valence-electron chi connectivity index (χ2n) is 7.77. The maximum atomic E-state index is 13.6. The number of rotatable bonds is 6. The molecule has 1 N–H and O–H groups in total.